The number of carbonyl (C=O) groups excluding carboxylic acids is 2. The van der Waals surface area contributed by atoms with E-state index in [1.165, 1.54) is 0 Å². The van der Waals surface area contributed by atoms with Crippen LogP contribution in [0.1, 0.15) is 48.9 Å². The van der Waals surface area contributed by atoms with Crippen LogP contribution in [0.5, 0.6) is 5.75 Å². The SMILES string of the molecule is O=C1OC2(Oc3cc(I)c(I)cc31)C1CC3CC2CC(C(=O)OCCC(F)C(F)(F)S(=O)(=O)O)(C3)C1. The molecule has 3 atom stereocenters. The van der Waals surface area contributed by atoms with E-state index in [-0.39, 0.29) is 17.8 Å². The molecule has 3 unspecified atom stereocenters. The molecule has 0 saturated heterocycles. The number of alkyl halides is 3. The van der Waals surface area contributed by atoms with E-state index in [2.05, 4.69) is 45.2 Å². The number of benzene rings is 1. The van der Waals surface area contributed by atoms with Crippen molar-refractivity contribution in [3.05, 3.63) is 24.8 Å². The topological polar surface area (TPSA) is 116 Å². The quantitative estimate of drug-likeness (QED) is 0.252. The van der Waals surface area contributed by atoms with Gasteiger partial charge in [0, 0.05) is 25.4 Å². The Balaban J connectivity index is 1.31. The summed E-state index contributed by atoms with van der Waals surface area (Å²) in [7, 11) is -5.94. The zero-order valence-corrected chi connectivity index (χ0v) is 23.6. The van der Waals surface area contributed by atoms with E-state index in [0.29, 0.717) is 43.4 Å². The van der Waals surface area contributed by atoms with E-state index in [0.717, 1.165) is 7.14 Å². The van der Waals surface area contributed by atoms with Gasteiger partial charge in [0.25, 0.3) is 5.79 Å². The van der Waals surface area contributed by atoms with Crippen LogP contribution in [-0.2, 0) is 24.4 Å². The molecule has 1 aromatic carbocycles. The largest absolute Gasteiger partial charge is 0.465 e. The molecule has 1 spiro atoms. The summed E-state index contributed by atoms with van der Waals surface area (Å²) in [6.07, 6.45) is -1.86. The normalized spacial score (nSPS) is 33.6. The zero-order valence-electron chi connectivity index (χ0n) is 18.5. The van der Waals surface area contributed by atoms with Crippen molar-refractivity contribution < 1.29 is 49.9 Å². The van der Waals surface area contributed by atoms with Crippen molar-refractivity contribution >= 4 is 67.2 Å². The predicted molar refractivity (Wildman–Crippen MR) is 134 cm³/mol. The Hall–Kier alpha value is -0.880. The summed E-state index contributed by atoms with van der Waals surface area (Å²) in [4.78, 5) is 26.1. The smallest absolute Gasteiger partial charge is 0.400 e. The summed E-state index contributed by atoms with van der Waals surface area (Å²) < 4.78 is 89.9. The van der Waals surface area contributed by atoms with Gasteiger partial charge in [0.1, 0.15) is 11.3 Å². The standard InChI is InChI=1S/C22H21F3I2O8S/c23-17(22(24,25)36(30,31)32)1-2-33-19(29)20-7-10-3-11(8-20)21(12(4-10)9-20)34-16-6-15(27)14(26)5-13(16)18(28)35-21/h5-6,10-12,17H,1-4,7-9H2,(H,30,31,32). The van der Waals surface area contributed by atoms with Gasteiger partial charge in [0.2, 0.25) is 0 Å². The average Bonchev–Trinajstić information content (AvgIpc) is 2.77. The van der Waals surface area contributed by atoms with Crippen molar-refractivity contribution in [3.63, 3.8) is 0 Å². The van der Waals surface area contributed by atoms with Gasteiger partial charge in [-0.1, -0.05) is 0 Å². The molecular weight excluding hydrogens is 735 g/mol. The minimum atomic E-state index is -5.94. The van der Waals surface area contributed by atoms with Crippen LogP contribution in [0, 0.1) is 30.3 Å². The highest BCUT2D eigenvalue weighted by Gasteiger charge is 2.69. The molecule has 6 rings (SSSR count). The van der Waals surface area contributed by atoms with Crippen LogP contribution in [0.3, 0.4) is 0 Å². The molecule has 4 aliphatic carbocycles. The maximum absolute atomic E-state index is 13.8. The fourth-order valence-electron chi connectivity index (χ4n) is 6.41. The van der Waals surface area contributed by atoms with Crippen LogP contribution in [0.4, 0.5) is 13.2 Å². The summed E-state index contributed by atoms with van der Waals surface area (Å²) in [5.41, 5.74) is -0.605. The lowest BCUT2D eigenvalue weighted by atomic mass is 9.47. The number of esters is 2. The Morgan fingerprint density at radius 2 is 1.78 bits per heavy atom. The molecule has 0 radical (unpaired) electrons. The second-order valence-corrected chi connectivity index (χ2v) is 13.8. The second kappa shape index (κ2) is 8.83. The molecule has 1 heterocycles. The molecule has 14 heteroatoms. The van der Waals surface area contributed by atoms with Crippen LogP contribution in [0.25, 0.3) is 0 Å². The van der Waals surface area contributed by atoms with E-state index in [1.807, 2.05) is 0 Å². The van der Waals surface area contributed by atoms with E-state index in [1.54, 1.807) is 12.1 Å². The monoisotopic (exact) mass is 756 g/mol. The maximum atomic E-state index is 13.8. The lowest BCUT2D eigenvalue weighted by molar-refractivity contribution is -0.294. The molecule has 4 bridgehead atoms. The zero-order chi connectivity index (χ0) is 26.3. The van der Waals surface area contributed by atoms with Crippen molar-refractivity contribution in [3.8, 4) is 5.75 Å². The first kappa shape index (κ1) is 26.7. The Morgan fingerprint density at radius 3 is 2.39 bits per heavy atom. The van der Waals surface area contributed by atoms with Crippen molar-refractivity contribution in [1.29, 1.82) is 0 Å². The highest BCUT2D eigenvalue weighted by molar-refractivity contribution is 14.1. The fraction of sp³-hybridized carbons (Fsp3) is 0.636. The summed E-state index contributed by atoms with van der Waals surface area (Å²) in [5, 5.41) is -5.00. The van der Waals surface area contributed by atoms with Crippen molar-refractivity contribution in [2.75, 3.05) is 6.61 Å². The first-order valence-electron chi connectivity index (χ1n) is 11.3. The van der Waals surface area contributed by atoms with Gasteiger partial charge in [0.05, 0.1) is 12.0 Å². The van der Waals surface area contributed by atoms with Crippen LogP contribution in [0.15, 0.2) is 12.1 Å². The third kappa shape index (κ3) is 4.12. The molecule has 1 aromatic rings. The molecule has 36 heavy (non-hydrogen) atoms. The Labute approximate surface area is 232 Å². The molecule has 1 aliphatic heterocycles. The van der Waals surface area contributed by atoms with Crippen molar-refractivity contribution in [2.24, 2.45) is 23.2 Å². The number of hydrogen-bond donors (Lipinski definition) is 1. The van der Waals surface area contributed by atoms with Gasteiger partial charge in [0.15, 0.2) is 6.17 Å². The second-order valence-electron chi connectivity index (χ2n) is 10.0. The first-order chi connectivity index (χ1) is 16.7. The summed E-state index contributed by atoms with van der Waals surface area (Å²) in [6, 6.07) is 3.51. The van der Waals surface area contributed by atoms with Crippen LogP contribution in [-0.4, -0.2) is 48.7 Å². The highest BCUT2D eigenvalue weighted by atomic mass is 127. The van der Waals surface area contributed by atoms with Crippen LogP contribution in [0.2, 0.25) is 0 Å². The Kier molecular flexibility index (Phi) is 6.55. The van der Waals surface area contributed by atoms with E-state index in [4.69, 9.17) is 18.8 Å². The summed E-state index contributed by atoms with van der Waals surface area (Å²) in [6.45, 7) is -0.770. The molecular formula is C22H21F3I2O8S. The third-order valence-electron chi connectivity index (χ3n) is 7.84. The van der Waals surface area contributed by atoms with Gasteiger partial charge >= 0.3 is 27.3 Å². The highest BCUT2D eigenvalue weighted by Crippen LogP contribution is 2.66. The number of ether oxygens (including phenoxy) is 3. The Bertz CT molecular complexity index is 1220. The van der Waals surface area contributed by atoms with Gasteiger partial charge in [-0.2, -0.15) is 17.2 Å². The predicted octanol–water partition coefficient (Wildman–Crippen LogP) is 4.72. The molecule has 8 nitrogen and oxygen atoms in total. The molecule has 5 aliphatic rings. The number of rotatable bonds is 6. The van der Waals surface area contributed by atoms with Gasteiger partial charge in [-0.3, -0.25) is 9.35 Å². The number of halogens is 5. The number of carbonyl (C=O) groups is 2. The molecule has 4 fully saturated rings. The number of fused-ring (bicyclic) bond motifs is 1. The van der Waals surface area contributed by atoms with Gasteiger partial charge in [-0.25, -0.2) is 9.18 Å². The summed E-state index contributed by atoms with van der Waals surface area (Å²) >= 11 is 4.28. The molecule has 1 N–H and O–H groups in total. The first-order valence-corrected chi connectivity index (χ1v) is 14.9. The molecule has 0 aromatic heterocycles. The Morgan fingerprint density at radius 1 is 1.17 bits per heavy atom. The maximum Gasteiger partial charge on any atom is 0.400 e. The minimum absolute atomic E-state index is 0.152. The molecule has 0 amide bonds. The minimum Gasteiger partial charge on any atom is -0.465 e. The lowest BCUT2D eigenvalue weighted by Gasteiger charge is -2.62. The van der Waals surface area contributed by atoms with Gasteiger partial charge in [-0.05, 0) is 95.3 Å². The van der Waals surface area contributed by atoms with Crippen LogP contribution >= 0.6 is 45.2 Å². The molecule has 4 saturated carbocycles. The number of hydrogen-bond acceptors (Lipinski definition) is 7. The lowest BCUT2D eigenvalue weighted by Crippen LogP contribution is -2.67. The van der Waals surface area contributed by atoms with E-state index in [9.17, 15) is 31.2 Å². The van der Waals surface area contributed by atoms with E-state index >= 15 is 0 Å². The van der Waals surface area contributed by atoms with E-state index < -0.39 is 57.7 Å². The van der Waals surface area contributed by atoms with Crippen molar-refractivity contribution in [2.45, 2.75) is 55.7 Å². The average molecular weight is 756 g/mol. The molecule has 198 valence electrons. The summed E-state index contributed by atoms with van der Waals surface area (Å²) in [5.74, 6) is -2.35. The van der Waals surface area contributed by atoms with Crippen molar-refractivity contribution in [1.82, 2.24) is 0 Å². The van der Waals surface area contributed by atoms with Gasteiger partial charge in [-0.15, -0.1) is 0 Å². The van der Waals surface area contributed by atoms with Crippen LogP contribution < -0.4 is 4.74 Å². The third-order valence-corrected chi connectivity index (χ3v) is 11.6. The fourth-order valence-corrected chi connectivity index (χ4v) is 7.76. The van der Waals surface area contributed by atoms with Gasteiger partial charge < -0.3 is 14.2 Å².